The molecule has 0 amide bonds. The number of hydrogen-bond donors (Lipinski definition) is 2. The highest BCUT2D eigenvalue weighted by atomic mass is 31.2. The highest BCUT2D eigenvalue weighted by molar-refractivity contribution is 7.57. The summed E-state index contributed by atoms with van der Waals surface area (Å²) in [6.45, 7) is 3.99. The zero-order valence-corrected chi connectivity index (χ0v) is 6.11. The molecule has 0 radical (unpaired) electrons. The fourth-order valence-electron chi connectivity index (χ4n) is 0.319. The highest BCUT2D eigenvalue weighted by Crippen LogP contribution is 2.32. The van der Waals surface area contributed by atoms with Crippen LogP contribution in [0.25, 0.3) is 0 Å². The van der Waals surface area contributed by atoms with Crippen molar-refractivity contribution in [2.45, 2.75) is 6.92 Å². The van der Waals surface area contributed by atoms with Crippen molar-refractivity contribution in [2.75, 3.05) is 19.5 Å². The molecular formula is C4H12NO2P. The van der Waals surface area contributed by atoms with Crippen LogP contribution in [0, 0.1) is 0 Å². The summed E-state index contributed by atoms with van der Waals surface area (Å²) in [5.41, 5.74) is 0. The molecule has 0 rings (SSSR count). The Bertz CT molecular complexity index is 98.2. The Kier molecular flexibility index (Phi) is 3.29. The highest BCUT2D eigenvalue weighted by Gasteiger charge is 2.05. The molecule has 50 valence electrons. The van der Waals surface area contributed by atoms with Crippen LogP contribution in [0.3, 0.4) is 0 Å². The molecular weight excluding hydrogens is 125 g/mol. The molecule has 0 fully saturated rings. The van der Waals surface area contributed by atoms with E-state index in [1.165, 1.54) is 6.66 Å². The van der Waals surface area contributed by atoms with Gasteiger partial charge in [-0.05, 0) is 6.54 Å². The lowest BCUT2D eigenvalue weighted by molar-refractivity contribution is 0.479. The van der Waals surface area contributed by atoms with Gasteiger partial charge in [-0.25, -0.2) is 0 Å². The van der Waals surface area contributed by atoms with Crippen LogP contribution in [0.4, 0.5) is 0 Å². The molecule has 0 saturated heterocycles. The zero-order valence-electron chi connectivity index (χ0n) is 5.22. The second kappa shape index (κ2) is 3.23. The molecule has 0 spiro atoms. The first-order chi connectivity index (χ1) is 3.56. The summed E-state index contributed by atoms with van der Waals surface area (Å²) in [6, 6.07) is 0. The van der Waals surface area contributed by atoms with E-state index in [2.05, 4.69) is 5.32 Å². The summed E-state index contributed by atoms with van der Waals surface area (Å²) < 4.78 is 10.5. The summed E-state index contributed by atoms with van der Waals surface area (Å²) in [4.78, 5) is 8.64. The minimum absolute atomic E-state index is 0.226. The summed E-state index contributed by atoms with van der Waals surface area (Å²) >= 11 is 0. The largest absolute Gasteiger partial charge is 0.344 e. The molecule has 2 N–H and O–H groups in total. The van der Waals surface area contributed by atoms with Crippen molar-refractivity contribution in [1.82, 2.24) is 5.32 Å². The maximum absolute atomic E-state index is 10.5. The Balaban J connectivity index is 3.26. The second-order valence-corrected chi connectivity index (χ2v) is 4.23. The lowest BCUT2D eigenvalue weighted by Gasteiger charge is -2.03. The Morgan fingerprint density at radius 1 is 1.75 bits per heavy atom. The fraction of sp³-hybridized carbons (Fsp3) is 1.00. The van der Waals surface area contributed by atoms with Gasteiger partial charge in [-0.2, -0.15) is 0 Å². The summed E-state index contributed by atoms with van der Waals surface area (Å²) in [6.07, 6.45) is 0.226. The van der Waals surface area contributed by atoms with Gasteiger partial charge in [0.2, 0.25) is 7.37 Å². The van der Waals surface area contributed by atoms with Crippen LogP contribution in [0.2, 0.25) is 0 Å². The number of rotatable bonds is 3. The molecule has 1 atom stereocenters. The van der Waals surface area contributed by atoms with E-state index in [9.17, 15) is 4.57 Å². The third kappa shape index (κ3) is 6.15. The predicted octanol–water partition coefficient (Wildman–Crippen LogP) is 0.454. The predicted molar refractivity (Wildman–Crippen MR) is 34.3 cm³/mol. The Morgan fingerprint density at radius 2 is 2.25 bits per heavy atom. The molecule has 0 saturated carbocycles. The quantitative estimate of drug-likeness (QED) is 0.555. The van der Waals surface area contributed by atoms with Crippen molar-refractivity contribution in [1.29, 1.82) is 0 Å². The van der Waals surface area contributed by atoms with Gasteiger partial charge in [0.15, 0.2) is 0 Å². The number of nitrogens with one attached hydrogen (secondary N) is 1. The minimum atomic E-state index is -2.79. The fourth-order valence-corrected chi connectivity index (χ4v) is 0.958. The molecule has 0 aliphatic carbocycles. The van der Waals surface area contributed by atoms with E-state index in [4.69, 9.17) is 4.89 Å². The van der Waals surface area contributed by atoms with E-state index in [0.29, 0.717) is 0 Å². The van der Waals surface area contributed by atoms with Gasteiger partial charge in [-0.15, -0.1) is 0 Å². The standard InChI is InChI=1S/C4H12NO2P/c1-3-5-4-8(2,6)7/h5H,3-4H2,1-2H3,(H,6,7). The van der Waals surface area contributed by atoms with Gasteiger partial charge in [0, 0.05) is 6.66 Å². The van der Waals surface area contributed by atoms with Gasteiger partial charge in [-0.1, -0.05) is 6.92 Å². The average molecular weight is 137 g/mol. The van der Waals surface area contributed by atoms with Crippen molar-refractivity contribution in [2.24, 2.45) is 0 Å². The lowest BCUT2D eigenvalue weighted by atomic mass is 10.8. The summed E-state index contributed by atoms with van der Waals surface area (Å²) in [5.74, 6) is 0. The third-order valence-electron chi connectivity index (χ3n) is 0.655. The average Bonchev–Trinajstić information content (AvgIpc) is 1.59. The van der Waals surface area contributed by atoms with Gasteiger partial charge >= 0.3 is 0 Å². The molecule has 4 heteroatoms. The van der Waals surface area contributed by atoms with Gasteiger partial charge in [0.1, 0.15) is 0 Å². The first-order valence-corrected chi connectivity index (χ1v) is 4.85. The van der Waals surface area contributed by atoms with Gasteiger partial charge < -0.3 is 10.2 Å². The maximum atomic E-state index is 10.5. The van der Waals surface area contributed by atoms with Crippen LogP contribution >= 0.6 is 7.37 Å². The Morgan fingerprint density at radius 3 is 2.38 bits per heavy atom. The van der Waals surface area contributed by atoms with Crippen LogP contribution in [0.1, 0.15) is 6.92 Å². The molecule has 8 heavy (non-hydrogen) atoms. The third-order valence-corrected chi connectivity index (χ3v) is 1.47. The lowest BCUT2D eigenvalue weighted by Crippen LogP contribution is -2.13. The van der Waals surface area contributed by atoms with Crippen molar-refractivity contribution in [3.05, 3.63) is 0 Å². The van der Waals surface area contributed by atoms with Crippen molar-refractivity contribution >= 4 is 7.37 Å². The maximum Gasteiger partial charge on any atom is 0.210 e. The molecule has 0 aliphatic rings. The van der Waals surface area contributed by atoms with Crippen LogP contribution in [-0.4, -0.2) is 24.4 Å². The zero-order chi connectivity index (χ0) is 6.62. The molecule has 0 aliphatic heterocycles. The summed E-state index contributed by atoms with van der Waals surface area (Å²) in [5, 5.41) is 2.78. The molecule has 0 aromatic heterocycles. The van der Waals surface area contributed by atoms with Crippen molar-refractivity contribution in [3.8, 4) is 0 Å². The molecule has 3 nitrogen and oxygen atoms in total. The van der Waals surface area contributed by atoms with Crippen LogP contribution in [0.15, 0.2) is 0 Å². The normalized spacial score (nSPS) is 17.9. The molecule has 0 aromatic rings. The minimum Gasteiger partial charge on any atom is -0.344 e. The Labute approximate surface area is 49.6 Å². The van der Waals surface area contributed by atoms with E-state index in [1.807, 2.05) is 6.92 Å². The van der Waals surface area contributed by atoms with Crippen molar-refractivity contribution in [3.63, 3.8) is 0 Å². The van der Waals surface area contributed by atoms with Crippen molar-refractivity contribution < 1.29 is 9.46 Å². The second-order valence-electron chi connectivity index (χ2n) is 1.81. The Hall–Kier alpha value is 0.150. The molecule has 0 aromatic carbocycles. The van der Waals surface area contributed by atoms with Crippen LogP contribution in [-0.2, 0) is 4.57 Å². The first kappa shape index (κ1) is 8.15. The van der Waals surface area contributed by atoms with E-state index in [1.54, 1.807) is 0 Å². The van der Waals surface area contributed by atoms with E-state index < -0.39 is 7.37 Å². The smallest absolute Gasteiger partial charge is 0.210 e. The molecule has 0 bridgehead atoms. The van der Waals surface area contributed by atoms with Gasteiger partial charge in [-0.3, -0.25) is 4.57 Å². The van der Waals surface area contributed by atoms with E-state index in [0.717, 1.165) is 6.54 Å². The van der Waals surface area contributed by atoms with E-state index >= 15 is 0 Å². The SMILES string of the molecule is CCNCP(C)(=O)O. The summed E-state index contributed by atoms with van der Waals surface area (Å²) in [7, 11) is -2.79. The van der Waals surface area contributed by atoms with Crippen LogP contribution < -0.4 is 5.32 Å². The topological polar surface area (TPSA) is 49.3 Å². The monoisotopic (exact) mass is 137 g/mol. The number of hydrogen-bond acceptors (Lipinski definition) is 2. The van der Waals surface area contributed by atoms with E-state index in [-0.39, 0.29) is 6.29 Å². The molecule has 0 heterocycles. The molecule has 1 unspecified atom stereocenters. The van der Waals surface area contributed by atoms with Gasteiger partial charge in [0.05, 0.1) is 6.29 Å². The van der Waals surface area contributed by atoms with Gasteiger partial charge in [0.25, 0.3) is 0 Å². The van der Waals surface area contributed by atoms with Crippen LogP contribution in [0.5, 0.6) is 0 Å². The first-order valence-electron chi connectivity index (χ1n) is 2.56.